The number of hydrogen-bond acceptors (Lipinski definition) is 3. The van der Waals surface area contributed by atoms with E-state index in [9.17, 15) is 18.0 Å². The summed E-state index contributed by atoms with van der Waals surface area (Å²) < 4.78 is 43.6. The Balaban J connectivity index is 2.13. The molecule has 2 aromatic heterocycles. The van der Waals surface area contributed by atoms with Gasteiger partial charge in [0.1, 0.15) is 11.7 Å². The number of aromatic amines is 1. The summed E-state index contributed by atoms with van der Waals surface area (Å²) in [5.74, 6) is -1.23. The highest BCUT2D eigenvalue weighted by molar-refractivity contribution is 5.93. The topological polar surface area (TPSA) is 70.9 Å². The van der Waals surface area contributed by atoms with E-state index in [-0.39, 0.29) is 5.69 Å². The van der Waals surface area contributed by atoms with Crippen LogP contribution in [0.15, 0.2) is 28.9 Å². The Morgan fingerprint density at radius 2 is 2.14 bits per heavy atom. The first-order valence-corrected chi connectivity index (χ1v) is 6.26. The number of hydrogen-bond donors (Lipinski definition) is 2. The van der Waals surface area contributed by atoms with Crippen LogP contribution >= 0.6 is 0 Å². The maximum atomic E-state index is 12.8. The molecular formula is C13H14F3N3O2. The molecule has 0 aliphatic carbocycles. The molecule has 0 radical (unpaired) electrons. The van der Waals surface area contributed by atoms with Crippen molar-refractivity contribution in [2.45, 2.75) is 26.1 Å². The zero-order valence-corrected chi connectivity index (χ0v) is 11.4. The summed E-state index contributed by atoms with van der Waals surface area (Å²) in [5.41, 5.74) is 0.287. The summed E-state index contributed by atoms with van der Waals surface area (Å²) in [4.78, 5) is 11.9. The van der Waals surface area contributed by atoms with Crippen LogP contribution in [0.25, 0.3) is 11.5 Å². The van der Waals surface area contributed by atoms with Crippen LogP contribution in [0, 0.1) is 5.92 Å². The van der Waals surface area contributed by atoms with Crippen molar-refractivity contribution in [3.63, 3.8) is 0 Å². The van der Waals surface area contributed by atoms with Crippen LogP contribution in [0.5, 0.6) is 0 Å². The Bertz CT molecular complexity index is 602. The van der Waals surface area contributed by atoms with Gasteiger partial charge in [-0.2, -0.15) is 18.3 Å². The van der Waals surface area contributed by atoms with Crippen LogP contribution in [0.4, 0.5) is 13.2 Å². The zero-order chi connectivity index (χ0) is 15.6. The van der Waals surface area contributed by atoms with Crippen molar-refractivity contribution >= 4 is 5.91 Å². The predicted molar refractivity (Wildman–Crippen MR) is 68.4 cm³/mol. The smallest absolute Gasteiger partial charge is 0.408 e. The average Bonchev–Trinajstić information content (AvgIpc) is 3.03. The van der Waals surface area contributed by atoms with Crippen molar-refractivity contribution in [3.8, 4) is 11.5 Å². The van der Waals surface area contributed by atoms with Gasteiger partial charge in [0, 0.05) is 6.07 Å². The summed E-state index contributed by atoms with van der Waals surface area (Å²) in [6, 6.07) is 2.70. The minimum atomic E-state index is -4.51. The Kier molecular flexibility index (Phi) is 4.06. The van der Waals surface area contributed by atoms with E-state index in [2.05, 4.69) is 10.2 Å². The second-order valence-corrected chi connectivity index (χ2v) is 4.88. The zero-order valence-electron chi connectivity index (χ0n) is 11.4. The van der Waals surface area contributed by atoms with E-state index in [1.54, 1.807) is 12.1 Å². The van der Waals surface area contributed by atoms with E-state index in [4.69, 9.17) is 4.42 Å². The monoisotopic (exact) mass is 301 g/mol. The van der Waals surface area contributed by atoms with Crippen LogP contribution in [0.1, 0.15) is 24.3 Å². The van der Waals surface area contributed by atoms with Crippen LogP contribution in [0.3, 0.4) is 0 Å². The summed E-state index contributed by atoms with van der Waals surface area (Å²) in [6.45, 7) is 2.77. The molecule has 2 N–H and O–H groups in total. The van der Waals surface area contributed by atoms with E-state index >= 15 is 0 Å². The molecule has 0 fully saturated rings. The quantitative estimate of drug-likeness (QED) is 0.912. The molecule has 5 nitrogen and oxygen atoms in total. The number of nitrogens with zero attached hydrogens (tertiary/aromatic N) is 1. The molecule has 0 saturated heterocycles. The van der Waals surface area contributed by atoms with Gasteiger partial charge in [0.15, 0.2) is 11.5 Å². The molecule has 0 aromatic carbocycles. The van der Waals surface area contributed by atoms with Crippen LogP contribution in [-0.2, 0) is 0 Å². The van der Waals surface area contributed by atoms with Crippen LogP contribution < -0.4 is 5.32 Å². The van der Waals surface area contributed by atoms with Gasteiger partial charge < -0.3 is 9.73 Å². The third-order valence-electron chi connectivity index (χ3n) is 2.90. The van der Waals surface area contributed by atoms with Crippen molar-refractivity contribution in [1.29, 1.82) is 0 Å². The van der Waals surface area contributed by atoms with E-state index in [0.29, 0.717) is 11.5 Å². The van der Waals surface area contributed by atoms with Crippen molar-refractivity contribution in [2.75, 3.05) is 0 Å². The maximum absolute atomic E-state index is 12.8. The van der Waals surface area contributed by atoms with E-state index in [1.807, 2.05) is 5.32 Å². The van der Waals surface area contributed by atoms with Gasteiger partial charge in [-0.3, -0.25) is 9.89 Å². The average molecular weight is 301 g/mol. The van der Waals surface area contributed by atoms with Crippen molar-refractivity contribution in [3.05, 3.63) is 30.2 Å². The molecule has 0 saturated carbocycles. The summed E-state index contributed by atoms with van der Waals surface area (Å²) in [6.07, 6.45) is -3.07. The van der Waals surface area contributed by atoms with Gasteiger partial charge in [-0.15, -0.1) is 0 Å². The molecule has 0 aliphatic heterocycles. The normalized spacial score (nSPS) is 13.4. The fraction of sp³-hybridized carbons (Fsp3) is 0.385. The van der Waals surface area contributed by atoms with Crippen molar-refractivity contribution < 1.29 is 22.4 Å². The SMILES string of the molecule is CC(C)C(NC(=O)c1cc(-c2ccco2)[nH]n1)C(F)(F)F. The van der Waals surface area contributed by atoms with Crippen molar-refractivity contribution in [2.24, 2.45) is 5.92 Å². The fourth-order valence-corrected chi connectivity index (χ4v) is 1.84. The predicted octanol–water partition coefficient (Wildman–Crippen LogP) is 2.99. The minimum Gasteiger partial charge on any atom is -0.463 e. The first kappa shape index (κ1) is 15.1. The highest BCUT2D eigenvalue weighted by Gasteiger charge is 2.42. The van der Waals surface area contributed by atoms with Crippen LogP contribution in [0.2, 0.25) is 0 Å². The van der Waals surface area contributed by atoms with Gasteiger partial charge in [-0.05, 0) is 18.1 Å². The number of furan rings is 1. The number of alkyl halides is 3. The van der Waals surface area contributed by atoms with E-state index in [0.717, 1.165) is 0 Å². The Hall–Kier alpha value is -2.25. The Morgan fingerprint density at radius 3 is 2.67 bits per heavy atom. The molecule has 2 heterocycles. The van der Waals surface area contributed by atoms with Gasteiger partial charge in [0.05, 0.1) is 6.26 Å². The third kappa shape index (κ3) is 3.45. The highest BCUT2D eigenvalue weighted by atomic mass is 19.4. The molecule has 2 aromatic rings. The highest BCUT2D eigenvalue weighted by Crippen LogP contribution is 2.26. The summed E-state index contributed by atoms with van der Waals surface area (Å²) >= 11 is 0. The molecular weight excluding hydrogens is 287 g/mol. The number of rotatable bonds is 4. The lowest BCUT2D eigenvalue weighted by Gasteiger charge is -2.24. The van der Waals surface area contributed by atoms with Crippen LogP contribution in [-0.4, -0.2) is 28.3 Å². The standard InChI is InChI=1S/C13H14F3N3O2/c1-7(2)11(13(14,15)16)17-12(20)9-6-8(18-19-9)10-4-3-5-21-10/h3-7,11H,1-2H3,(H,17,20)(H,18,19). The molecule has 2 rings (SSSR count). The van der Waals surface area contributed by atoms with Gasteiger partial charge in [-0.25, -0.2) is 0 Å². The second-order valence-electron chi connectivity index (χ2n) is 4.88. The van der Waals surface area contributed by atoms with E-state index < -0.39 is 24.0 Å². The number of carbonyl (C=O) groups is 1. The molecule has 1 atom stereocenters. The Labute approximate surface area is 118 Å². The molecule has 0 bridgehead atoms. The molecule has 21 heavy (non-hydrogen) atoms. The maximum Gasteiger partial charge on any atom is 0.408 e. The number of aromatic nitrogens is 2. The van der Waals surface area contributed by atoms with Crippen molar-refractivity contribution in [1.82, 2.24) is 15.5 Å². The second kappa shape index (κ2) is 5.63. The number of carbonyl (C=O) groups excluding carboxylic acids is 1. The number of halogens is 3. The third-order valence-corrected chi connectivity index (χ3v) is 2.90. The lowest BCUT2D eigenvalue weighted by molar-refractivity contribution is -0.162. The fourth-order valence-electron chi connectivity index (χ4n) is 1.84. The lowest BCUT2D eigenvalue weighted by atomic mass is 10.0. The Morgan fingerprint density at radius 1 is 1.43 bits per heavy atom. The summed E-state index contributed by atoms with van der Waals surface area (Å²) in [5, 5.41) is 8.20. The molecule has 1 amide bonds. The van der Waals surface area contributed by atoms with Gasteiger partial charge in [0.2, 0.25) is 0 Å². The largest absolute Gasteiger partial charge is 0.463 e. The number of H-pyrrole nitrogens is 1. The van der Waals surface area contributed by atoms with E-state index in [1.165, 1.54) is 26.2 Å². The van der Waals surface area contributed by atoms with Gasteiger partial charge in [-0.1, -0.05) is 13.8 Å². The van der Waals surface area contributed by atoms with Gasteiger partial charge in [0.25, 0.3) is 5.91 Å². The number of nitrogens with one attached hydrogen (secondary N) is 2. The number of amides is 1. The molecule has 114 valence electrons. The first-order valence-electron chi connectivity index (χ1n) is 6.26. The van der Waals surface area contributed by atoms with Gasteiger partial charge >= 0.3 is 6.18 Å². The minimum absolute atomic E-state index is 0.128. The lowest BCUT2D eigenvalue weighted by Crippen LogP contribution is -2.48. The first-order chi connectivity index (χ1) is 9.79. The molecule has 0 spiro atoms. The molecule has 1 unspecified atom stereocenters. The molecule has 8 heteroatoms. The molecule has 0 aliphatic rings. The summed E-state index contributed by atoms with van der Waals surface area (Å²) in [7, 11) is 0.